The summed E-state index contributed by atoms with van der Waals surface area (Å²) >= 11 is 2.88. The summed E-state index contributed by atoms with van der Waals surface area (Å²) in [7, 11) is -3.67. The Bertz CT molecular complexity index is 957. The first-order valence-corrected chi connectivity index (χ1v) is 13.0. The van der Waals surface area contributed by atoms with Crippen LogP contribution >= 0.6 is 23.1 Å². The van der Waals surface area contributed by atoms with E-state index in [1.165, 1.54) is 15.6 Å². The van der Waals surface area contributed by atoms with E-state index in [0.717, 1.165) is 27.5 Å². The maximum atomic E-state index is 12.9. The third kappa shape index (κ3) is 6.42. The fraction of sp³-hybridized carbons (Fsp3) is 0.526. The van der Waals surface area contributed by atoms with Crippen LogP contribution in [0.5, 0.6) is 0 Å². The Hall–Kier alpha value is -1.65. The lowest BCUT2D eigenvalue weighted by molar-refractivity contribution is -0.117. The van der Waals surface area contributed by atoms with Crippen molar-refractivity contribution in [1.29, 1.82) is 0 Å². The number of aryl methyl sites for hydroxylation is 2. The summed E-state index contributed by atoms with van der Waals surface area (Å²) in [5.74, 6) is 1.01. The largest absolute Gasteiger partial charge is 0.299 e. The van der Waals surface area contributed by atoms with Crippen molar-refractivity contribution in [2.24, 2.45) is 5.92 Å². The van der Waals surface area contributed by atoms with Crippen LogP contribution in [0.3, 0.4) is 0 Å². The van der Waals surface area contributed by atoms with E-state index in [-0.39, 0.29) is 0 Å². The monoisotopic (exact) mass is 456 g/mol. The smallest absolute Gasteiger partial charge is 0.250 e. The number of anilines is 2. The second-order valence-corrected chi connectivity index (χ2v) is 11.4. The second kappa shape index (κ2) is 9.90. The van der Waals surface area contributed by atoms with Crippen LogP contribution in [0.2, 0.25) is 0 Å². The number of thioether (sulfide) groups is 1. The molecule has 1 N–H and O–H groups in total. The van der Waals surface area contributed by atoms with E-state index in [0.29, 0.717) is 23.2 Å². The standard InChI is InChI=1S/C19H28N4O3S3/c1-7-16(17(24)20-18-21-22-19(28-18)27-11-12(2)3)23(29(6,25)26)15-9-8-13(4)14(5)10-15/h8-10,12,16H,7,11H2,1-6H3,(H,20,21,24)/t16-/m0/s1. The number of sulfonamides is 1. The van der Waals surface area contributed by atoms with Gasteiger partial charge in [0.2, 0.25) is 21.1 Å². The summed E-state index contributed by atoms with van der Waals surface area (Å²) in [5, 5.41) is 11.2. The molecule has 0 aliphatic heterocycles. The SMILES string of the molecule is CC[C@@H](C(=O)Nc1nnc(SCC(C)C)s1)N(c1ccc(C)c(C)c1)S(C)(=O)=O. The molecule has 7 nitrogen and oxygen atoms in total. The first-order chi connectivity index (χ1) is 13.5. The minimum absolute atomic E-state index is 0.319. The van der Waals surface area contributed by atoms with E-state index in [2.05, 4.69) is 29.4 Å². The van der Waals surface area contributed by atoms with Gasteiger partial charge in [-0.3, -0.25) is 14.4 Å². The summed E-state index contributed by atoms with van der Waals surface area (Å²) in [6, 6.07) is 4.49. The molecule has 0 aliphatic carbocycles. The molecule has 2 aromatic rings. The van der Waals surface area contributed by atoms with E-state index in [1.54, 1.807) is 30.8 Å². The third-order valence-electron chi connectivity index (χ3n) is 4.25. The number of aromatic nitrogens is 2. The van der Waals surface area contributed by atoms with Crippen LogP contribution in [-0.2, 0) is 14.8 Å². The zero-order chi connectivity index (χ0) is 21.8. The first-order valence-electron chi connectivity index (χ1n) is 9.36. The highest BCUT2D eigenvalue weighted by molar-refractivity contribution is 8.01. The molecule has 0 radical (unpaired) electrons. The lowest BCUT2D eigenvalue weighted by Crippen LogP contribution is -2.47. The van der Waals surface area contributed by atoms with Crippen molar-refractivity contribution in [3.05, 3.63) is 29.3 Å². The molecule has 1 amide bonds. The highest BCUT2D eigenvalue weighted by Gasteiger charge is 2.32. The minimum Gasteiger partial charge on any atom is -0.299 e. The van der Waals surface area contributed by atoms with Crippen LogP contribution in [0, 0.1) is 19.8 Å². The molecule has 1 aromatic carbocycles. The van der Waals surface area contributed by atoms with Crippen LogP contribution in [0.25, 0.3) is 0 Å². The van der Waals surface area contributed by atoms with Gasteiger partial charge in [-0.2, -0.15) is 0 Å². The van der Waals surface area contributed by atoms with E-state index in [9.17, 15) is 13.2 Å². The van der Waals surface area contributed by atoms with E-state index in [1.807, 2.05) is 19.9 Å². The zero-order valence-corrected chi connectivity index (χ0v) is 20.0. The van der Waals surface area contributed by atoms with Gasteiger partial charge in [-0.15, -0.1) is 10.2 Å². The predicted molar refractivity (Wildman–Crippen MR) is 121 cm³/mol. The number of nitrogens with one attached hydrogen (secondary N) is 1. The number of rotatable bonds is 9. The highest BCUT2D eigenvalue weighted by atomic mass is 32.2. The van der Waals surface area contributed by atoms with Crippen molar-refractivity contribution in [2.45, 2.75) is 51.4 Å². The fourth-order valence-corrected chi connectivity index (χ4v) is 5.60. The average Bonchev–Trinajstić information content (AvgIpc) is 3.06. The molecule has 1 aromatic heterocycles. The number of carbonyl (C=O) groups excluding carboxylic acids is 1. The van der Waals surface area contributed by atoms with Gasteiger partial charge in [-0.05, 0) is 49.4 Å². The van der Waals surface area contributed by atoms with Gasteiger partial charge in [0.25, 0.3) is 0 Å². The van der Waals surface area contributed by atoms with E-state index in [4.69, 9.17) is 0 Å². The molecule has 0 saturated carbocycles. The molecule has 0 fully saturated rings. The molecule has 160 valence electrons. The molecule has 2 rings (SSSR count). The molecule has 1 atom stereocenters. The van der Waals surface area contributed by atoms with Gasteiger partial charge < -0.3 is 0 Å². The van der Waals surface area contributed by atoms with Gasteiger partial charge in [0.05, 0.1) is 11.9 Å². The van der Waals surface area contributed by atoms with Gasteiger partial charge in [0.1, 0.15) is 6.04 Å². The van der Waals surface area contributed by atoms with Gasteiger partial charge in [-0.25, -0.2) is 8.42 Å². The van der Waals surface area contributed by atoms with Crippen molar-refractivity contribution in [2.75, 3.05) is 21.6 Å². The molecule has 1 heterocycles. The third-order valence-corrected chi connectivity index (χ3v) is 7.83. The number of carbonyl (C=O) groups is 1. The topological polar surface area (TPSA) is 92.3 Å². The van der Waals surface area contributed by atoms with Crippen LogP contribution in [0.15, 0.2) is 22.5 Å². The molecule has 0 saturated heterocycles. The van der Waals surface area contributed by atoms with Crippen LogP contribution in [0.4, 0.5) is 10.8 Å². The molecule has 29 heavy (non-hydrogen) atoms. The lowest BCUT2D eigenvalue weighted by atomic mass is 10.1. The van der Waals surface area contributed by atoms with Crippen molar-refractivity contribution >= 4 is 49.8 Å². The molecular weight excluding hydrogens is 428 g/mol. The van der Waals surface area contributed by atoms with Crippen molar-refractivity contribution in [1.82, 2.24) is 10.2 Å². The highest BCUT2D eigenvalue weighted by Crippen LogP contribution is 2.29. The van der Waals surface area contributed by atoms with Crippen LogP contribution in [0.1, 0.15) is 38.3 Å². The summed E-state index contributed by atoms with van der Waals surface area (Å²) in [6.45, 7) is 9.90. The van der Waals surface area contributed by atoms with E-state index < -0.39 is 22.0 Å². The molecule has 10 heteroatoms. The lowest BCUT2D eigenvalue weighted by Gasteiger charge is -2.30. The first kappa shape index (κ1) is 23.6. The number of hydrogen-bond acceptors (Lipinski definition) is 7. The van der Waals surface area contributed by atoms with E-state index >= 15 is 0 Å². The summed E-state index contributed by atoms with van der Waals surface area (Å²) < 4.78 is 27.1. The van der Waals surface area contributed by atoms with Gasteiger partial charge in [0.15, 0.2) is 4.34 Å². The Labute approximate surface area is 181 Å². The predicted octanol–water partition coefficient (Wildman–Crippen LogP) is 4.09. The van der Waals surface area contributed by atoms with Gasteiger partial charge in [0, 0.05) is 5.75 Å². The number of benzene rings is 1. The number of nitrogens with zero attached hydrogens (tertiary/aromatic N) is 3. The fourth-order valence-electron chi connectivity index (χ4n) is 2.67. The van der Waals surface area contributed by atoms with Gasteiger partial charge in [-0.1, -0.05) is 49.9 Å². The summed E-state index contributed by atoms with van der Waals surface area (Å²) in [6.07, 6.45) is 1.43. The summed E-state index contributed by atoms with van der Waals surface area (Å²) in [5.41, 5.74) is 2.49. The Morgan fingerprint density at radius 3 is 2.48 bits per heavy atom. The molecule has 0 bridgehead atoms. The number of hydrogen-bond donors (Lipinski definition) is 1. The Balaban J connectivity index is 2.25. The van der Waals surface area contributed by atoms with Crippen molar-refractivity contribution < 1.29 is 13.2 Å². The molecule has 0 spiro atoms. The molecule has 0 unspecified atom stereocenters. The van der Waals surface area contributed by atoms with Crippen molar-refractivity contribution in [3.63, 3.8) is 0 Å². The normalized spacial score (nSPS) is 12.8. The maximum absolute atomic E-state index is 12.9. The number of amides is 1. The Kier molecular flexibility index (Phi) is 8.07. The summed E-state index contributed by atoms with van der Waals surface area (Å²) in [4.78, 5) is 12.9. The Morgan fingerprint density at radius 2 is 1.93 bits per heavy atom. The molecular formula is C19H28N4O3S3. The average molecular weight is 457 g/mol. The zero-order valence-electron chi connectivity index (χ0n) is 17.6. The van der Waals surface area contributed by atoms with Crippen LogP contribution < -0.4 is 9.62 Å². The quantitative estimate of drug-likeness (QED) is 0.451. The Morgan fingerprint density at radius 1 is 1.24 bits per heavy atom. The van der Waals surface area contributed by atoms with Crippen molar-refractivity contribution in [3.8, 4) is 0 Å². The van der Waals surface area contributed by atoms with Crippen LogP contribution in [-0.4, -0.2) is 42.6 Å². The minimum atomic E-state index is -3.67. The molecule has 0 aliphatic rings. The van der Waals surface area contributed by atoms with Gasteiger partial charge >= 0.3 is 0 Å². The maximum Gasteiger partial charge on any atom is 0.250 e. The second-order valence-electron chi connectivity index (χ2n) is 7.32.